The third-order valence-electron chi connectivity index (χ3n) is 3.25. The highest BCUT2D eigenvalue weighted by atomic mass is 16.5. The topological polar surface area (TPSA) is 57.5 Å². The molecule has 1 aromatic heterocycles. The molecule has 1 aliphatic carbocycles. The molecule has 2 rings (SSSR count). The summed E-state index contributed by atoms with van der Waals surface area (Å²) >= 11 is 0. The number of carbonyl (C=O) groups excluding carboxylic acids is 1. The van der Waals surface area contributed by atoms with Crippen LogP contribution < -0.4 is 5.56 Å². The molecule has 0 aromatic carbocycles. The van der Waals surface area contributed by atoms with E-state index in [0.29, 0.717) is 18.8 Å². The number of rotatable bonds is 5. The summed E-state index contributed by atoms with van der Waals surface area (Å²) in [5, 5.41) is 0. The van der Waals surface area contributed by atoms with Crippen molar-refractivity contribution in [3.63, 3.8) is 0 Å². The van der Waals surface area contributed by atoms with Crippen LogP contribution in [0.5, 0.6) is 0 Å². The molecule has 1 aromatic rings. The van der Waals surface area contributed by atoms with Crippen LogP contribution in [0.4, 0.5) is 0 Å². The quantitative estimate of drug-likeness (QED) is 0.737. The second-order valence-corrected chi connectivity index (χ2v) is 4.48. The second kappa shape index (κ2) is 4.94. The number of hydrogen-bond acceptors (Lipinski definition) is 4. The van der Waals surface area contributed by atoms with E-state index in [0.717, 1.165) is 12.8 Å². The van der Waals surface area contributed by atoms with E-state index in [-0.39, 0.29) is 11.1 Å². The first-order chi connectivity index (χ1) is 8.63. The highest BCUT2D eigenvalue weighted by molar-refractivity contribution is 5.88. The van der Waals surface area contributed by atoms with Gasteiger partial charge in [0.05, 0.1) is 24.8 Å². The van der Waals surface area contributed by atoms with Crippen molar-refractivity contribution in [1.82, 2.24) is 4.57 Å². The Morgan fingerprint density at radius 1 is 1.44 bits per heavy atom. The van der Waals surface area contributed by atoms with Crippen molar-refractivity contribution in [2.24, 2.45) is 0 Å². The maximum atomic E-state index is 11.9. The molecule has 5 nitrogen and oxygen atoms in total. The van der Waals surface area contributed by atoms with Gasteiger partial charge in [-0.3, -0.25) is 4.79 Å². The SMILES string of the molecule is CCOCC1(n2cc(C(=O)OC)ccc2=O)CC1. The van der Waals surface area contributed by atoms with E-state index in [1.165, 1.54) is 19.2 Å². The summed E-state index contributed by atoms with van der Waals surface area (Å²) in [5.74, 6) is -0.434. The predicted octanol–water partition coefficient (Wildman–Crippen LogP) is 1.16. The first kappa shape index (κ1) is 12.8. The normalized spacial score (nSPS) is 16.3. The Morgan fingerprint density at radius 3 is 2.72 bits per heavy atom. The minimum atomic E-state index is -0.434. The minimum absolute atomic E-state index is 0.111. The molecule has 0 atom stereocenters. The Kier molecular flexibility index (Phi) is 3.52. The van der Waals surface area contributed by atoms with Gasteiger partial charge in [-0.2, -0.15) is 0 Å². The third kappa shape index (κ3) is 2.31. The van der Waals surface area contributed by atoms with Gasteiger partial charge in [0.15, 0.2) is 0 Å². The number of carbonyl (C=O) groups is 1. The zero-order chi connectivity index (χ0) is 13.2. The van der Waals surface area contributed by atoms with Gasteiger partial charge in [-0.05, 0) is 25.8 Å². The zero-order valence-corrected chi connectivity index (χ0v) is 10.6. The summed E-state index contributed by atoms with van der Waals surface area (Å²) in [7, 11) is 1.32. The molecule has 1 heterocycles. The molecule has 1 fully saturated rings. The molecule has 0 spiro atoms. The van der Waals surface area contributed by atoms with E-state index in [1.807, 2.05) is 6.92 Å². The van der Waals surface area contributed by atoms with Crippen molar-refractivity contribution < 1.29 is 14.3 Å². The van der Waals surface area contributed by atoms with Crippen molar-refractivity contribution >= 4 is 5.97 Å². The summed E-state index contributed by atoms with van der Waals surface area (Å²) in [5.41, 5.74) is 0.0108. The van der Waals surface area contributed by atoms with Crippen molar-refractivity contribution in [1.29, 1.82) is 0 Å². The Hall–Kier alpha value is -1.62. The smallest absolute Gasteiger partial charge is 0.339 e. The summed E-state index contributed by atoms with van der Waals surface area (Å²) in [6.45, 7) is 3.05. The number of aromatic nitrogens is 1. The van der Waals surface area contributed by atoms with Crippen LogP contribution in [-0.4, -0.2) is 30.9 Å². The summed E-state index contributed by atoms with van der Waals surface area (Å²) in [6.07, 6.45) is 3.37. The molecule has 0 saturated heterocycles. The maximum Gasteiger partial charge on any atom is 0.339 e. The van der Waals surface area contributed by atoms with Crippen LogP contribution >= 0.6 is 0 Å². The largest absolute Gasteiger partial charge is 0.465 e. The van der Waals surface area contributed by atoms with E-state index < -0.39 is 5.97 Å². The highest BCUT2D eigenvalue weighted by Crippen LogP contribution is 2.42. The standard InChI is InChI=1S/C13H17NO4/c1-3-18-9-13(6-7-13)14-8-10(12(16)17-2)4-5-11(14)15/h4-5,8H,3,6-7,9H2,1-2H3. The molecule has 18 heavy (non-hydrogen) atoms. The van der Waals surface area contributed by atoms with Gasteiger partial charge < -0.3 is 14.0 Å². The van der Waals surface area contributed by atoms with E-state index in [1.54, 1.807) is 10.8 Å². The number of pyridine rings is 1. The van der Waals surface area contributed by atoms with Gasteiger partial charge in [0.2, 0.25) is 0 Å². The lowest BCUT2D eigenvalue weighted by Crippen LogP contribution is -2.33. The van der Waals surface area contributed by atoms with Crippen molar-refractivity contribution in [3.05, 3.63) is 34.2 Å². The predicted molar refractivity (Wildman–Crippen MR) is 65.7 cm³/mol. The maximum absolute atomic E-state index is 11.9. The highest BCUT2D eigenvalue weighted by Gasteiger charge is 2.45. The average molecular weight is 251 g/mol. The Morgan fingerprint density at radius 2 is 2.17 bits per heavy atom. The molecular weight excluding hydrogens is 234 g/mol. The van der Waals surface area contributed by atoms with Crippen molar-refractivity contribution in [2.75, 3.05) is 20.3 Å². The van der Waals surface area contributed by atoms with E-state index in [2.05, 4.69) is 4.74 Å². The molecule has 0 amide bonds. The fraction of sp³-hybridized carbons (Fsp3) is 0.538. The first-order valence-corrected chi connectivity index (χ1v) is 6.02. The van der Waals surface area contributed by atoms with Crippen molar-refractivity contribution in [2.45, 2.75) is 25.3 Å². The summed E-state index contributed by atoms with van der Waals surface area (Å²) < 4.78 is 11.7. The Labute approximate surface area is 105 Å². The molecule has 1 saturated carbocycles. The molecule has 0 N–H and O–H groups in total. The van der Waals surface area contributed by atoms with Crippen LogP contribution in [0.15, 0.2) is 23.1 Å². The molecule has 98 valence electrons. The number of ether oxygens (including phenoxy) is 2. The second-order valence-electron chi connectivity index (χ2n) is 4.48. The summed E-state index contributed by atoms with van der Waals surface area (Å²) in [6, 6.07) is 2.89. The number of methoxy groups -OCH3 is 1. The van der Waals surface area contributed by atoms with Gasteiger partial charge in [0.1, 0.15) is 0 Å². The van der Waals surface area contributed by atoms with Gasteiger partial charge in [-0.15, -0.1) is 0 Å². The minimum Gasteiger partial charge on any atom is -0.465 e. The molecule has 5 heteroatoms. The van der Waals surface area contributed by atoms with Crippen LogP contribution in [-0.2, 0) is 15.0 Å². The lowest BCUT2D eigenvalue weighted by atomic mass is 10.2. The Bertz CT molecular complexity index is 502. The molecule has 1 aliphatic rings. The molecular formula is C13H17NO4. The van der Waals surface area contributed by atoms with Gasteiger partial charge >= 0.3 is 5.97 Å². The van der Waals surface area contributed by atoms with E-state index in [4.69, 9.17) is 4.74 Å². The van der Waals surface area contributed by atoms with Crippen LogP contribution in [0, 0.1) is 0 Å². The molecule has 0 bridgehead atoms. The van der Waals surface area contributed by atoms with Crippen LogP contribution in [0.2, 0.25) is 0 Å². The molecule has 0 radical (unpaired) electrons. The molecule has 0 unspecified atom stereocenters. The summed E-state index contributed by atoms with van der Waals surface area (Å²) in [4.78, 5) is 23.4. The lowest BCUT2D eigenvalue weighted by Gasteiger charge is -2.19. The Balaban J connectivity index is 2.32. The van der Waals surface area contributed by atoms with Gasteiger partial charge in [0, 0.05) is 18.9 Å². The van der Waals surface area contributed by atoms with E-state index >= 15 is 0 Å². The third-order valence-corrected chi connectivity index (χ3v) is 3.25. The van der Waals surface area contributed by atoms with Gasteiger partial charge in [0.25, 0.3) is 5.56 Å². The van der Waals surface area contributed by atoms with Gasteiger partial charge in [-0.25, -0.2) is 4.79 Å². The first-order valence-electron chi connectivity index (χ1n) is 6.02. The monoisotopic (exact) mass is 251 g/mol. The van der Waals surface area contributed by atoms with Gasteiger partial charge in [-0.1, -0.05) is 0 Å². The zero-order valence-electron chi connectivity index (χ0n) is 10.6. The lowest BCUT2D eigenvalue weighted by molar-refractivity contribution is 0.0597. The fourth-order valence-corrected chi connectivity index (χ4v) is 1.99. The van der Waals surface area contributed by atoms with Crippen molar-refractivity contribution in [3.8, 4) is 0 Å². The number of esters is 1. The number of nitrogens with zero attached hydrogens (tertiary/aromatic N) is 1. The van der Waals surface area contributed by atoms with Crippen LogP contribution in [0.1, 0.15) is 30.1 Å². The van der Waals surface area contributed by atoms with Crippen LogP contribution in [0.3, 0.4) is 0 Å². The molecule has 0 aliphatic heterocycles. The van der Waals surface area contributed by atoms with Crippen LogP contribution in [0.25, 0.3) is 0 Å². The average Bonchev–Trinajstić information content (AvgIpc) is 3.17. The van der Waals surface area contributed by atoms with E-state index in [9.17, 15) is 9.59 Å². The fourth-order valence-electron chi connectivity index (χ4n) is 1.99. The number of hydrogen-bond donors (Lipinski definition) is 0.